The van der Waals surface area contributed by atoms with E-state index in [1.807, 2.05) is 25.1 Å². The van der Waals surface area contributed by atoms with Crippen LogP contribution in [0.4, 0.5) is 5.69 Å². The number of aliphatic carboxylic acids is 1. The molecule has 10 heteroatoms. The minimum absolute atomic E-state index is 0.0204. The van der Waals surface area contributed by atoms with Crippen LogP contribution >= 0.6 is 0 Å². The first-order valence-electron chi connectivity index (χ1n) is 12.0. The monoisotopic (exact) mass is 491 g/mol. The van der Waals surface area contributed by atoms with Gasteiger partial charge in [-0.3, -0.25) is 29.4 Å². The number of fused-ring (bicyclic) bond motifs is 5. The number of ether oxygens (including phenoxy) is 2. The Balaban J connectivity index is 1.41. The zero-order chi connectivity index (χ0) is 25.2. The molecule has 0 saturated carbocycles. The highest BCUT2D eigenvalue weighted by Crippen LogP contribution is 2.54. The van der Waals surface area contributed by atoms with Gasteiger partial charge in [0.25, 0.3) is 0 Å². The van der Waals surface area contributed by atoms with E-state index in [-0.39, 0.29) is 26.2 Å². The molecule has 0 aromatic heterocycles. The first-order valence-corrected chi connectivity index (χ1v) is 12.0. The van der Waals surface area contributed by atoms with Gasteiger partial charge in [-0.05, 0) is 42.2 Å². The molecule has 2 aromatic rings. The van der Waals surface area contributed by atoms with Crippen molar-refractivity contribution in [3.63, 3.8) is 0 Å². The summed E-state index contributed by atoms with van der Waals surface area (Å²) in [6, 6.07) is 10.2. The Kier molecular flexibility index (Phi) is 5.04. The maximum Gasteiger partial charge on any atom is 0.303 e. The van der Waals surface area contributed by atoms with Crippen LogP contribution in [0.15, 0.2) is 36.4 Å². The summed E-state index contributed by atoms with van der Waals surface area (Å²) in [5.41, 5.74) is 1.47. The van der Waals surface area contributed by atoms with Crippen LogP contribution in [-0.2, 0) is 37.7 Å². The molecule has 4 aliphatic heterocycles. The van der Waals surface area contributed by atoms with Gasteiger partial charge in [0.2, 0.25) is 24.5 Å². The maximum atomic E-state index is 13.9. The predicted molar refractivity (Wildman–Crippen MR) is 125 cm³/mol. The number of nitrogens with one attached hydrogen (secondary N) is 2. The second-order valence-electron chi connectivity index (χ2n) is 9.63. The summed E-state index contributed by atoms with van der Waals surface area (Å²) in [6.07, 6.45) is 0.659. The van der Waals surface area contributed by atoms with Gasteiger partial charge in [-0.2, -0.15) is 0 Å². The number of hydrogen-bond acceptors (Lipinski definition) is 7. The number of aryl methyl sites for hydroxylation is 1. The van der Waals surface area contributed by atoms with E-state index in [2.05, 4.69) is 10.6 Å². The number of anilines is 1. The van der Waals surface area contributed by atoms with Crippen molar-refractivity contribution >= 4 is 29.4 Å². The van der Waals surface area contributed by atoms with E-state index >= 15 is 0 Å². The Labute approximate surface area is 206 Å². The van der Waals surface area contributed by atoms with Gasteiger partial charge in [0.15, 0.2) is 11.5 Å². The number of carboxylic acid groups (broad SMARTS) is 1. The quantitative estimate of drug-likeness (QED) is 0.521. The number of carboxylic acids is 1. The highest BCUT2D eigenvalue weighted by Gasteiger charge is 2.70. The molecule has 0 radical (unpaired) electrons. The molecule has 10 nitrogen and oxygen atoms in total. The second kappa shape index (κ2) is 8.06. The van der Waals surface area contributed by atoms with E-state index in [1.54, 1.807) is 18.2 Å². The van der Waals surface area contributed by atoms with Crippen molar-refractivity contribution in [1.29, 1.82) is 0 Å². The van der Waals surface area contributed by atoms with Crippen LogP contribution in [0.5, 0.6) is 11.5 Å². The molecule has 2 fully saturated rings. The van der Waals surface area contributed by atoms with Crippen LogP contribution < -0.4 is 20.1 Å². The van der Waals surface area contributed by atoms with E-state index in [1.165, 1.54) is 4.90 Å². The second-order valence-corrected chi connectivity index (χ2v) is 9.63. The minimum atomic E-state index is -1.44. The Morgan fingerprint density at radius 2 is 1.86 bits per heavy atom. The lowest BCUT2D eigenvalue weighted by Gasteiger charge is -2.29. The van der Waals surface area contributed by atoms with Crippen LogP contribution in [0.1, 0.15) is 36.5 Å². The summed E-state index contributed by atoms with van der Waals surface area (Å²) < 4.78 is 10.8. The zero-order valence-corrected chi connectivity index (χ0v) is 19.6. The third-order valence-electron chi connectivity index (χ3n) is 7.73. The number of benzene rings is 2. The number of likely N-dealkylation sites (tertiary alicyclic amines) is 1. The third-order valence-corrected chi connectivity index (χ3v) is 7.73. The van der Waals surface area contributed by atoms with Crippen molar-refractivity contribution in [1.82, 2.24) is 10.2 Å². The molecule has 0 bridgehead atoms. The molecule has 2 saturated heterocycles. The largest absolute Gasteiger partial charge is 0.481 e. The standard InChI is InChI=1S/C26H25N3O7/c1-2-13-3-5-16-15(9-13)26(25(34)27-16)22-21(17(28-26)6-8-20(30)31)23(32)29(24(22)33)11-14-4-7-18-19(10-14)36-12-35-18/h3-5,7,9-10,17,21-22,28H,2,6,8,11-12H2,1H3,(H,27,34)(H,30,31)/t17-,21-,22+,26-/m1/s1. The van der Waals surface area contributed by atoms with Crippen molar-refractivity contribution in [2.75, 3.05) is 12.1 Å². The molecule has 186 valence electrons. The number of hydrogen-bond donors (Lipinski definition) is 3. The molecule has 4 aliphatic rings. The van der Waals surface area contributed by atoms with Gasteiger partial charge >= 0.3 is 5.97 Å². The van der Waals surface area contributed by atoms with Gasteiger partial charge in [-0.1, -0.05) is 25.1 Å². The maximum absolute atomic E-state index is 13.9. The smallest absolute Gasteiger partial charge is 0.303 e. The van der Waals surface area contributed by atoms with Gasteiger partial charge in [-0.25, -0.2) is 0 Å². The van der Waals surface area contributed by atoms with E-state index in [9.17, 15) is 24.3 Å². The Hall–Kier alpha value is -3.92. The van der Waals surface area contributed by atoms with Gasteiger partial charge in [0.1, 0.15) is 5.54 Å². The molecule has 1 spiro atoms. The number of carbonyl (C=O) groups excluding carboxylic acids is 3. The predicted octanol–water partition coefficient (Wildman–Crippen LogP) is 1.76. The number of rotatable bonds is 6. The van der Waals surface area contributed by atoms with Gasteiger partial charge in [-0.15, -0.1) is 0 Å². The highest BCUT2D eigenvalue weighted by molar-refractivity contribution is 6.15. The Bertz CT molecular complexity index is 1320. The molecule has 4 atom stereocenters. The van der Waals surface area contributed by atoms with Crippen LogP contribution in [0.2, 0.25) is 0 Å². The summed E-state index contributed by atoms with van der Waals surface area (Å²) in [6.45, 7) is 2.13. The topological polar surface area (TPSA) is 134 Å². The van der Waals surface area contributed by atoms with Gasteiger partial charge in [0, 0.05) is 23.7 Å². The molecular weight excluding hydrogens is 466 g/mol. The summed E-state index contributed by atoms with van der Waals surface area (Å²) in [7, 11) is 0. The van der Waals surface area contributed by atoms with Gasteiger partial charge < -0.3 is 19.9 Å². The molecule has 0 unspecified atom stereocenters. The molecule has 2 aromatic carbocycles. The summed E-state index contributed by atoms with van der Waals surface area (Å²) in [5, 5.41) is 15.5. The molecule has 4 heterocycles. The summed E-state index contributed by atoms with van der Waals surface area (Å²) in [4.78, 5) is 53.7. The zero-order valence-electron chi connectivity index (χ0n) is 19.6. The Morgan fingerprint density at radius 1 is 1.08 bits per heavy atom. The third kappa shape index (κ3) is 3.13. The summed E-state index contributed by atoms with van der Waals surface area (Å²) >= 11 is 0. The fourth-order valence-corrected chi connectivity index (χ4v) is 6.03. The lowest BCUT2D eigenvalue weighted by molar-refractivity contribution is -0.144. The fourth-order valence-electron chi connectivity index (χ4n) is 6.03. The van der Waals surface area contributed by atoms with E-state index in [0.29, 0.717) is 28.3 Å². The van der Waals surface area contributed by atoms with Gasteiger partial charge in [0.05, 0.1) is 18.4 Å². The number of nitrogens with zero attached hydrogens (tertiary/aromatic N) is 1. The van der Waals surface area contributed by atoms with E-state index in [0.717, 1.165) is 12.0 Å². The fraction of sp³-hybridized carbons (Fsp3) is 0.385. The van der Waals surface area contributed by atoms with Crippen LogP contribution in [-0.4, -0.2) is 46.5 Å². The van der Waals surface area contributed by atoms with Crippen LogP contribution in [0, 0.1) is 11.8 Å². The number of imide groups is 1. The lowest BCUT2D eigenvalue weighted by atomic mass is 9.76. The molecule has 3 N–H and O–H groups in total. The number of amides is 3. The molecule has 3 amide bonds. The van der Waals surface area contributed by atoms with E-state index < -0.39 is 47.1 Å². The van der Waals surface area contributed by atoms with Crippen molar-refractivity contribution in [2.45, 2.75) is 44.3 Å². The van der Waals surface area contributed by atoms with Crippen molar-refractivity contribution < 1.29 is 33.8 Å². The van der Waals surface area contributed by atoms with Crippen molar-refractivity contribution in [2.24, 2.45) is 11.8 Å². The molecule has 0 aliphatic carbocycles. The molecular formula is C26H25N3O7. The SMILES string of the molecule is CCc1ccc2c(c1)[C@]1(N[C@H](CCC(=O)O)[C@H]3C(=O)N(Cc4ccc5c(c4)OCO5)C(=O)[C@H]31)C(=O)N2. The lowest BCUT2D eigenvalue weighted by Crippen LogP contribution is -2.53. The average Bonchev–Trinajstić information content (AvgIpc) is 3.59. The Morgan fingerprint density at radius 3 is 2.64 bits per heavy atom. The summed E-state index contributed by atoms with van der Waals surface area (Å²) in [5.74, 6) is -2.96. The molecule has 6 rings (SSSR count). The highest BCUT2D eigenvalue weighted by atomic mass is 16.7. The van der Waals surface area contributed by atoms with Crippen LogP contribution in [0.25, 0.3) is 0 Å². The minimum Gasteiger partial charge on any atom is -0.481 e. The van der Waals surface area contributed by atoms with E-state index in [4.69, 9.17) is 9.47 Å². The normalized spacial score (nSPS) is 27.5. The first kappa shape index (κ1) is 22.5. The van der Waals surface area contributed by atoms with Crippen LogP contribution in [0.3, 0.4) is 0 Å². The average molecular weight is 492 g/mol. The number of carbonyl (C=O) groups is 4. The molecule has 36 heavy (non-hydrogen) atoms. The van der Waals surface area contributed by atoms with Crippen molar-refractivity contribution in [3.8, 4) is 11.5 Å². The van der Waals surface area contributed by atoms with Crippen molar-refractivity contribution in [3.05, 3.63) is 53.1 Å². The first-order chi connectivity index (χ1) is 17.3.